The molecule has 0 spiro atoms. The molecule has 52 heavy (non-hydrogen) atoms. The Bertz CT molecular complexity index is 2770. The number of benzene rings is 4. The summed E-state index contributed by atoms with van der Waals surface area (Å²) in [5.41, 5.74) is 0.392. The zero-order chi connectivity index (χ0) is 37.1. The molecule has 16 heteroatoms. The fraction of sp³-hybridized carbons (Fsp3) is 0. The number of halogens is 3. The van der Waals surface area contributed by atoms with Crippen LogP contribution in [0.1, 0.15) is 20.7 Å². The Hall–Kier alpha value is -6.52. The first-order valence-electron chi connectivity index (χ1n) is 14.7. The van der Waals surface area contributed by atoms with E-state index in [9.17, 15) is 28.0 Å². The minimum Gasteiger partial charge on any atom is -0.510 e. The standard InChI is InChI=1S/C18H9FO5.C9H6BO5.C9H4BrFO2/c19-12-4-3-9-5-13(18(22)24-15(9)8-12)16-6-10-1-2-11(17(20)21)7-14(10)23-16;11-9(12)6-2-1-5-4-8(15-10-13)14-7(5)3-6;10-7-3-5-1-2-6(11)4-8(5)13-9(7)12/h1-8H,(H,20,21);1-4,13H,(H,11,12);1-4H. The molecule has 0 amide bonds. The highest BCUT2D eigenvalue weighted by Crippen LogP contribution is 2.29. The lowest BCUT2D eigenvalue weighted by molar-refractivity contribution is 0.0686. The maximum absolute atomic E-state index is 13.2. The van der Waals surface area contributed by atoms with Crippen molar-refractivity contribution < 1.29 is 55.9 Å². The molecule has 0 atom stereocenters. The van der Waals surface area contributed by atoms with E-state index in [1.54, 1.807) is 42.5 Å². The van der Waals surface area contributed by atoms with Crippen molar-refractivity contribution in [2.45, 2.75) is 0 Å². The van der Waals surface area contributed by atoms with Crippen LogP contribution in [0.3, 0.4) is 0 Å². The molecular formula is C36H19BBrF2O12. The van der Waals surface area contributed by atoms with Gasteiger partial charge in [-0.25, -0.2) is 28.0 Å². The molecule has 0 bridgehead atoms. The predicted octanol–water partition coefficient (Wildman–Crippen LogP) is 7.77. The van der Waals surface area contributed by atoms with Crippen molar-refractivity contribution in [3.63, 3.8) is 0 Å². The number of furan rings is 2. The quantitative estimate of drug-likeness (QED) is 0.114. The highest BCUT2D eigenvalue weighted by molar-refractivity contribution is 9.10. The van der Waals surface area contributed by atoms with Gasteiger partial charge in [0.1, 0.15) is 49.8 Å². The molecule has 12 nitrogen and oxygen atoms in total. The smallest absolute Gasteiger partial charge is 0.510 e. The summed E-state index contributed by atoms with van der Waals surface area (Å²) in [6.07, 6.45) is 0. The Morgan fingerprint density at radius 3 is 1.65 bits per heavy atom. The monoisotopic (exact) mass is 771 g/mol. The second kappa shape index (κ2) is 14.8. The van der Waals surface area contributed by atoms with E-state index in [1.807, 2.05) is 0 Å². The fourth-order valence-electron chi connectivity index (χ4n) is 4.86. The van der Waals surface area contributed by atoms with Gasteiger partial charge in [-0.15, -0.1) is 0 Å². The average Bonchev–Trinajstić information content (AvgIpc) is 3.72. The minimum absolute atomic E-state index is 0.0874. The molecule has 4 aromatic carbocycles. The van der Waals surface area contributed by atoms with Crippen LogP contribution < -0.4 is 15.9 Å². The van der Waals surface area contributed by atoms with Crippen LogP contribution in [0.15, 0.2) is 129 Å². The molecular weight excluding hydrogens is 753 g/mol. The molecule has 0 unspecified atom stereocenters. The lowest BCUT2D eigenvalue weighted by atomic mass is 10.1. The Morgan fingerprint density at radius 1 is 0.596 bits per heavy atom. The number of carbonyl (C=O) groups is 2. The van der Waals surface area contributed by atoms with Gasteiger partial charge in [-0.2, -0.15) is 0 Å². The Balaban J connectivity index is 0.000000143. The molecule has 1 radical (unpaired) electrons. The molecule has 8 rings (SSSR count). The molecule has 0 saturated heterocycles. The first-order valence-corrected chi connectivity index (χ1v) is 15.5. The van der Waals surface area contributed by atoms with Crippen molar-refractivity contribution in [2.75, 3.05) is 0 Å². The van der Waals surface area contributed by atoms with Gasteiger partial charge in [0.05, 0.1) is 11.1 Å². The van der Waals surface area contributed by atoms with E-state index >= 15 is 0 Å². The van der Waals surface area contributed by atoms with E-state index in [-0.39, 0.29) is 39.6 Å². The molecule has 259 valence electrons. The fourth-order valence-corrected chi connectivity index (χ4v) is 5.19. The van der Waals surface area contributed by atoms with Crippen LogP contribution >= 0.6 is 15.9 Å². The first-order chi connectivity index (χ1) is 24.9. The van der Waals surface area contributed by atoms with E-state index in [0.29, 0.717) is 44.9 Å². The van der Waals surface area contributed by atoms with Crippen molar-refractivity contribution in [2.24, 2.45) is 0 Å². The first kappa shape index (κ1) is 35.3. The summed E-state index contributed by atoms with van der Waals surface area (Å²) in [7, 11) is 0.496. The van der Waals surface area contributed by atoms with Crippen LogP contribution in [0.25, 0.3) is 55.2 Å². The van der Waals surface area contributed by atoms with Gasteiger partial charge in [0.25, 0.3) is 5.95 Å². The van der Waals surface area contributed by atoms with Gasteiger partial charge in [0.15, 0.2) is 0 Å². The number of aromatic carboxylic acids is 2. The van der Waals surface area contributed by atoms with Crippen molar-refractivity contribution in [1.29, 1.82) is 0 Å². The van der Waals surface area contributed by atoms with Crippen molar-refractivity contribution in [3.05, 3.63) is 145 Å². The summed E-state index contributed by atoms with van der Waals surface area (Å²) in [5.74, 6) is -2.64. The molecule has 4 aromatic heterocycles. The Kier molecular flexibility index (Phi) is 10.0. The summed E-state index contributed by atoms with van der Waals surface area (Å²) in [6, 6.07) is 23.2. The van der Waals surface area contributed by atoms with E-state index in [2.05, 4.69) is 20.6 Å². The molecule has 0 fully saturated rings. The lowest BCUT2D eigenvalue weighted by Crippen LogP contribution is -2.01. The number of carboxylic acid groups (broad SMARTS) is 2. The SMILES string of the molecule is O=C(O)c1ccc2cc(-c3cc4ccc(F)cc4oc3=O)oc2c1.O=C(O)c1ccc2cc(O[B]O)oc2c1.O=c1oc2cc(F)ccc2cc1Br. The highest BCUT2D eigenvalue weighted by Gasteiger charge is 2.15. The van der Waals surface area contributed by atoms with E-state index in [1.165, 1.54) is 48.5 Å². The maximum Gasteiger partial charge on any atom is 0.571 e. The second-order valence-electron chi connectivity index (χ2n) is 10.7. The number of rotatable bonds is 5. The second-order valence-corrected chi connectivity index (χ2v) is 11.6. The van der Waals surface area contributed by atoms with E-state index < -0.39 is 34.8 Å². The van der Waals surface area contributed by atoms with Crippen LogP contribution in [0, 0.1) is 11.6 Å². The number of carboxylic acids is 2. The summed E-state index contributed by atoms with van der Waals surface area (Å²) >= 11 is 3.03. The van der Waals surface area contributed by atoms with Gasteiger partial charge in [-0.1, -0.05) is 12.1 Å². The number of fused-ring (bicyclic) bond motifs is 4. The van der Waals surface area contributed by atoms with Crippen LogP contribution in [-0.4, -0.2) is 34.9 Å². The third-order valence-corrected chi connectivity index (χ3v) is 7.85. The van der Waals surface area contributed by atoms with Gasteiger partial charge in [0.2, 0.25) is 0 Å². The Morgan fingerprint density at radius 2 is 1.08 bits per heavy atom. The average molecular weight is 772 g/mol. The molecule has 0 aliphatic rings. The molecule has 0 saturated carbocycles. The molecule has 0 aliphatic heterocycles. The van der Waals surface area contributed by atoms with Crippen LogP contribution in [0.5, 0.6) is 5.95 Å². The van der Waals surface area contributed by atoms with Crippen molar-refractivity contribution in [1.82, 2.24) is 0 Å². The lowest BCUT2D eigenvalue weighted by Gasteiger charge is -1.99. The normalized spacial score (nSPS) is 10.8. The van der Waals surface area contributed by atoms with Gasteiger partial charge >= 0.3 is 30.9 Å². The summed E-state index contributed by atoms with van der Waals surface area (Å²) in [5, 5.41) is 28.7. The van der Waals surface area contributed by atoms with Crippen LogP contribution in [0.2, 0.25) is 0 Å². The van der Waals surface area contributed by atoms with E-state index in [4.69, 9.17) is 32.9 Å². The molecule has 3 N–H and O–H groups in total. The Labute approximate surface area is 297 Å². The van der Waals surface area contributed by atoms with E-state index in [0.717, 1.165) is 6.07 Å². The molecule has 8 aromatic rings. The maximum atomic E-state index is 13.2. The van der Waals surface area contributed by atoms with Crippen LogP contribution in [0.4, 0.5) is 8.78 Å². The summed E-state index contributed by atoms with van der Waals surface area (Å²) in [4.78, 5) is 44.8. The molecule has 0 aliphatic carbocycles. The topological polar surface area (TPSA) is 191 Å². The highest BCUT2D eigenvalue weighted by atomic mass is 79.9. The number of hydrogen-bond acceptors (Lipinski definition) is 10. The van der Waals surface area contributed by atoms with Gasteiger partial charge < -0.3 is 37.6 Å². The van der Waals surface area contributed by atoms with Crippen molar-refractivity contribution >= 4 is 79.4 Å². The number of hydrogen-bond donors (Lipinski definition) is 3. The zero-order valence-corrected chi connectivity index (χ0v) is 27.6. The predicted molar refractivity (Wildman–Crippen MR) is 187 cm³/mol. The largest absolute Gasteiger partial charge is 0.571 e. The third kappa shape index (κ3) is 7.77. The van der Waals surface area contributed by atoms with Gasteiger partial charge in [-0.3, -0.25) is 0 Å². The van der Waals surface area contributed by atoms with Gasteiger partial charge in [-0.05, 0) is 82.7 Å². The third-order valence-electron chi connectivity index (χ3n) is 7.30. The summed E-state index contributed by atoms with van der Waals surface area (Å²) < 4.78 is 51.5. The molecule has 4 heterocycles. The van der Waals surface area contributed by atoms with Crippen molar-refractivity contribution in [3.8, 4) is 17.3 Å². The summed E-state index contributed by atoms with van der Waals surface area (Å²) in [6.45, 7) is 0. The minimum atomic E-state index is -1.07. The van der Waals surface area contributed by atoms with Crippen LogP contribution in [-0.2, 0) is 0 Å². The zero-order valence-electron chi connectivity index (χ0n) is 26.0. The van der Waals surface area contributed by atoms with Gasteiger partial charge in [0, 0.05) is 39.7 Å².